The van der Waals surface area contributed by atoms with E-state index >= 15 is 0 Å². The van der Waals surface area contributed by atoms with Crippen LogP contribution in [-0.4, -0.2) is 16.1 Å². The Morgan fingerprint density at radius 3 is 3.05 bits per heavy atom. The van der Waals surface area contributed by atoms with Crippen molar-refractivity contribution in [2.45, 2.75) is 32.7 Å². The number of rotatable bonds is 3. The second kappa shape index (κ2) is 5.32. The minimum atomic E-state index is 0.307. The normalized spacial score (nSPS) is 14.3. The lowest BCUT2D eigenvalue weighted by atomic mass is 10.1. The smallest absolute Gasteiger partial charge is 0.223 e. The van der Waals surface area contributed by atoms with Crippen molar-refractivity contribution in [3.8, 4) is 0 Å². The van der Waals surface area contributed by atoms with E-state index in [2.05, 4.69) is 32.6 Å². The number of nitrogens with two attached hydrogens (primary N) is 1. The molecule has 1 aliphatic rings. The van der Waals surface area contributed by atoms with Crippen LogP contribution in [0, 0.1) is 6.92 Å². The van der Waals surface area contributed by atoms with Crippen molar-refractivity contribution in [2.75, 3.05) is 5.32 Å². The van der Waals surface area contributed by atoms with Crippen LogP contribution in [0.1, 0.15) is 29.3 Å². The van der Waals surface area contributed by atoms with Crippen LogP contribution in [0.4, 0.5) is 5.69 Å². The highest BCUT2D eigenvalue weighted by Gasteiger charge is 2.10. The van der Waals surface area contributed by atoms with Crippen LogP contribution in [0.25, 0.3) is 0 Å². The summed E-state index contributed by atoms with van der Waals surface area (Å²) in [5.74, 6) is 1.41. The molecule has 1 aromatic heterocycles. The molecule has 0 amide bonds. The highest BCUT2D eigenvalue weighted by molar-refractivity contribution is 5.92. The predicted octanol–water partition coefficient (Wildman–Crippen LogP) is 1.79. The number of hydrogen-bond acceptors (Lipinski definition) is 4. The topological polar surface area (TPSA) is 89.3 Å². The molecule has 104 valence electrons. The summed E-state index contributed by atoms with van der Waals surface area (Å²) in [6, 6.07) is 6.33. The van der Waals surface area contributed by atoms with Crippen LogP contribution in [0.3, 0.4) is 0 Å². The third-order valence-corrected chi connectivity index (χ3v) is 3.33. The molecule has 0 saturated heterocycles. The van der Waals surface area contributed by atoms with Crippen molar-refractivity contribution in [2.24, 2.45) is 10.7 Å². The second-order valence-corrected chi connectivity index (χ2v) is 4.89. The van der Waals surface area contributed by atoms with Gasteiger partial charge in [-0.1, -0.05) is 11.2 Å². The molecule has 2 aromatic rings. The minimum absolute atomic E-state index is 0.307. The molecule has 3 N–H and O–H groups in total. The Kier molecular flexibility index (Phi) is 3.37. The Morgan fingerprint density at radius 2 is 2.25 bits per heavy atom. The highest BCUT2D eigenvalue weighted by Crippen LogP contribution is 2.24. The van der Waals surface area contributed by atoms with E-state index in [9.17, 15) is 0 Å². The molecule has 6 heteroatoms. The Balaban J connectivity index is 1.64. The van der Waals surface area contributed by atoms with Crippen molar-refractivity contribution in [3.05, 3.63) is 41.0 Å². The number of nitrogens with zero attached hydrogens (tertiary/aromatic N) is 3. The van der Waals surface area contributed by atoms with Crippen molar-refractivity contribution in [1.29, 1.82) is 0 Å². The molecule has 0 fully saturated rings. The molecule has 0 atom stereocenters. The lowest BCUT2D eigenvalue weighted by Gasteiger charge is -2.07. The van der Waals surface area contributed by atoms with Gasteiger partial charge in [-0.05, 0) is 42.5 Å². The fraction of sp³-hybridized carbons (Fsp3) is 0.357. The first kappa shape index (κ1) is 12.7. The van der Waals surface area contributed by atoms with Gasteiger partial charge in [0, 0.05) is 12.6 Å². The number of guanidine groups is 1. The number of nitrogens with one attached hydrogen (secondary N) is 1. The molecule has 1 heterocycles. The summed E-state index contributed by atoms with van der Waals surface area (Å²) in [4.78, 5) is 8.26. The van der Waals surface area contributed by atoms with E-state index < -0.39 is 0 Å². The van der Waals surface area contributed by atoms with E-state index in [-0.39, 0.29) is 0 Å². The molecular weight excluding hydrogens is 254 g/mol. The second-order valence-electron chi connectivity index (χ2n) is 4.89. The fourth-order valence-electron chi connectivity index (χ4n) is 2.40. The maximum absolute atomic E-state index is 5.86. The van der Waals surface area contributed by atoms with E-state index in [0.29, 0.717) is 24.2 Å². The molecule has 0 unspecified atom stereocenters. The Hall–Kier alpha value is -2.37. The summed E-state index contributed by atoms with van der Waals surface area (Å²) in [5.41, 5.74) is 9.66. The van der Waals surface area contributed by atoms with Crippen LogP contribution in [0.15, 0.2) is 27.7 Å². The summed E-state index contributed by atoms with van der Waals surface area (Å²) < 4.78 is 4.87. The van der Waals surface area contributed by atoms with Gasteiger partial charge in [0.25, 0.3) is 0 Å². The van der Waals surface area contributed by atoms with Crippen LogP contribution in [0.5, 0.6) is 0 Å². The summed E-state index contributed by atoms with van der Waals surface area (Å²) in [7, 11) is 0. The molecule has 0 bridgehead atoms. The van der Waals surface area contributed by atoms with Gasteiger partial charge in [0.15, 0.2) is 11.8 Å². The summed E-state index contributed by atoms with van der Waals surface area (Å²) >= 11 is 0. The number of fused-ring (bicyclic) bond motifs is 1. The Morgan fingerprint density at radius 1 is 1.40 bits per heavy atom. The van der Waals surface area contributed by atoms with E-state index in [4.69, 9.17) is 10.3 Å². The van der Waals surface area contributed by atoms with Gasteiger partial charge in [-0.3, -0.25) is 0 Å². The zero-order chi connectivity index (χ0) is 13.9. The number of anilines is 1. The van der Waals surface area contributed by atoms with Crippen LogP contribution < -0.4 is 11.1 Å². The standard InChI is InChI=1S/C14H17N5O/c1-9-17-13(19-20-9)8-16-14(15)18-12-6-5-10-3-2-4-11(10)7-12/h5-7H,2-4,8H2,1H3,(H3,15,16,18). The van der Waals surface area contributed by atoms with Gasteiger partial charge in [0.2, 0.25) is 5.89 Å². The lowest BCUT2D eigenvalue weighted by molar-refractivity contribution is 0.387. The van der Waals surface area contributed by atoms with E-state index in [1.54, 1.807) is 6.92 Å². The summed E-state index contributed by atoms with van der Waals surface area (Å²) in [6.07, 6.45) is 3.56. The van der Waals surface area contributed by atoms with Gasteiger partial charge in [0.05, 0.1) is 0 Å². The zero-order valence-corrected chi connectivity index (χ0v) is 11.4. The number of hydrogen-bond donors (Lipinski definition) is 2. The first-order valence-corrected chi connectivity index (χ1v) is 6.68. The third kappa shape index (κ3) is 2.79. The monoisotopic (exact) mass is 271 g/mol. The molecule has 0 spiro atoms. The molecule has 0 aliphatic heterocycles. The van der Waals surface area contributed by atoms with E-state index in [1.165, 1.54) is 24.0 Å². The van der Waals surface area contributed by atoms with Crippen LogP contribution in [0.2, 0.25) is 0 Å². The molecule has 6 nitrogen and oxygen atoms in total. The van der Waals surface area contributed by atoms with E-state index in [1.807, 2.05) is 6.07 Å². The quantitative estimate of drug-likeness (QED) is 0.656. The molecule has 1 aromatic carbocycles. The maximum Gasteiger partial charge on any atom is 0.223 e. The van der Waals surface area contributed by atoms with Gasteiger partial charge in [0.1, 0.15) is 6.54 Å². The molecule has 3 rings (SSSR count). The minimum Gasteiger partial charge on any atom is -0.370 e. The van der Waals surface area contributed by atoms with Crippen molar-refractivity contribution >= 4 is 11.6 Å². The zero-order valence-electron chi connectivity index (χ0n) is 11.4. The SMILES string of the molecule is Cc1nc(CN=C(N)Nc2ccc3c(c2)CCC3)no1. The average molecular weight is 271 g/mol. The van der Waals surface area contributed by atoms with Gasteiger partial charge in [-0.2, -0.15) is 4.98 Å². The number of aliphatic imine (C=N–C) groups is 1. The first-order chi connectivity index (χ1) is 9.70. The maximum atomic E-state index is 5.86. The molecule has 0 radical (unpaired) electrons. The lowest BCUT2D eigenvalue weighted by Crippen LogP contribution is -2.22. The first-order valence-electron chi connectivity index (χ1n) is 6.68. The van der Waals surface area contributed by atoms with Gasteiger partial charge in [-0.15, -0.1) is 0 Å². The predicted molar refractivity (Wildman–Crippen MR) is 76.5 cm³/mol. The number of aryl methyl sites for hydroxylation is 3. The van der Waals surface area contributed by atoms with Gasteiger partial charge < -0.3 is 15.6 Å². The third-order valence-electron chi connectivity index (χ3n) is 3.33. The summed E-state index contributed by atoms with van der Waals surface area (Å²) in [6.45, 7) is 2.05. The van der Waals surface area contributed by atoms with Crippen molar-refractivity contribution in [3.63, 3.8) is 0 Å². The molecule has 1 aliphatic carbocycles. The average Bonchev–Trinajstić information content (AvgIpc) is 3.04. The summed E-state index contributed by atoms with van der Waals surface area (Å²) in [5, 5.41) is 6.86. The van der Waals surface area contributed by atoms with Gasteiger partial charge in [-0.25, -0.2) is 4.99 Å². The number of benzene rings is 1. The van der Waals surface area contributed by atoms with Crippen molar-refractivity contribution < 1.29 is 4.52 Å². The largest absolute Gasteiger partial charge is 0.370 e. The fourth-order valence-corrected chi connectivity index (χ4v) is 2.40. The van der Waals surface area contributed by atoms with Crippen molar-refractivity contribution in [1.82, 2.24) is 10.1 Å². The molecular formula is C14H17N5O. The molecule has 0 saturated carbocycles. The van der Waals surface area contributed by atoms with Crippen LogP contribution >= 0.6 is 0 Å². The number of aromatic nitrogens is 2. The Bertz CT molecular complexity index is 647. The highest BCUT2D eigenvalue weighted by atomic mass is 16.5. The Labute approximate surface area is 117 Å². The van der Waals surface area contributed by atoms with E-state index in [0.717, 1.165) is 12.1 Å². The van der Waals surface area contributed by atoms with Crippen LogP contribution in [-0.2, 0) is 19.4 Å². The van der Waals surface area contributed by atoms with Gasteiger partial charge >= 0.3 is 0 Å². The molecule has 20 heavy (non-hydrogen) atoms.